The van der Waals surface area contributed by atoms with E-state index >= 15 is 0 Å². The largest absolute Gasteiger partial charge is 0.356 e. The molecule has 0 amide bonds. The third-order valence-electron chi connectivity index (χ3n) is 4.87. The van der Waals surface area contributed by atoms with Gasteiger partial charge in [-0.25, -0.2) is 4.99 Å². The Kier molecular flexibility index (Phi) is 10.3. The molecule has 2 aromatic carbocycles. The molecule has 1 heterocycles. The predicted octanol–water partition coefficient (Wildman–Crippen LogP) is 3.75. The van der Waals surface area contributed by atoms with Gasteiger partial charge in [0.05, 0.1) is 6.54 Å². The first-order chi connectivity index (χ1) is 14.3. The van der Waals surface area contributed by atoms with Crippen LogP contribution in [0.3, 0.4) is 0 Å². The van der Waals surface area contributed by atoms with E-state index in [0.717, 1.165) is 44.3 Å². The van der Waals surface area contributed by atoms with Gasteiger partial charge in [0.2, 0.25) is 0 Å². The normalized spacial score (nSPS) is 11.1. The van der Waals surface area contributed by atoms with Crippen LogP contribution in [0.2, 0.25) is 0 Å². The summed E-state index contributed by atoms with van der Waals surface area (Å²) in [7, 11) is 0. The maximum absolute atomic E-state index is 4.80. The fourth-order valence-electron chi connectivity index (χ4n) is 3.13. The number of guanidine groups is 1. The number of halogens is 1. The fourth-order valence-corrected chi connectivity index (χ4v) is 3.13. The van der Waals surface area contributed by atoms with Crippen LogP contribution >= 0.6 is 24.0 Å². The summed E-state index contributed by atoms with van der Waals surface area (Å²) in [5.41, 5.74) is 3.82. The zero-order valence-corrected chi connectivity index (χ0v) is 20.0. The Labute approximate surface area is 196 Å². The molecule has 6 nitrogen and oxygen atoms in total. The number of aromatic nitrogens is 3. The molecular weight excluding hydrogens is 487 g/mol. The van der Waals surface area contributed by atoms with Crippen LogP contribution in [0.25, 0.3) is 0 Å². The van der Waals surface area contributed by atoms with E-state index in [0.29, 0.717) is 6.54 Å². The third kappa shape index (κ3) is 7.44. The highest BCUT2D eigenvalue weighted by atomic mass is 127. The van der Waals surface area contributed by atoms with Gasteiger partial charge < -0.3 is 15.2 Å². The van der Waals surface area contributed by atoms with Crippen LogP contribution in [0.5, 0.6) is 0 Å². The van der Waals surface area contributed by atoms with Gasteiger partial charge in [-0.2, -0.15) is 0 Å². The van der Waals surface area contributed by atoms with Crippen molar-refractivity contribution in [2.75, 3.05) is 13.1 Å². The van der Waals surface area contributed by atoms with Gasteiger partial charge in [-0.1, -0.05) is 61.5 Å². The first-order valence-corrected chi connectivity index (χ1v) is 10.2. The number of benzene rings is 2. The molecule has 0 atom stereocenters. The lowest BCUT2D eigenvalue weighted by atomic mass is 10.1. The summed E-state index contributed by atoms with van der Waals surface area (Å²) in [5, 5.41) is 15.1. The van der Waals surface area contributed by atoms with Gasteiger partial charge in [0.1, 0.15) is 12.2 Å². The van der Waals surface area contributed by atoms with Gasteiger partial charge in [0, 0.05) is 26.1 Å². The number of nitrogens with zero attached hydrogens (tertiary/aromatic N) is 4. The summed E-state index contributed by atoms with van der Waals surface area (Å²) < 4.78 is 2.08. The summed E-state index contributed by atoms with van der Waals surface area (Å²) in [6.45, 7) is 7.26. The van der Waals surface area contributed by atoms with Gasteiger partial charge in [-0.3, -0.25) is 0 Å². The molecule has 2 N–H and O–H groups in total. The minimum absolute atomic E-state index is 0. The Morgan fingerprint density at radius 2 is 1.73 bits per heavy atom. The van der Waals surface area contributed by atoms with Gasteiger partial charge >= 0.3 is 0 Å². The third-order valence-corrected chi connectivity index (χ3v) is 4.87. The molecule has 0 radical (unpaired) electrons. The lowest BCUT2D eigenvalue weighted by Gasteiger charge is -2.14. The van der Waals surface area contributed by atoms with Crippen molar-refractivity contribution in [3.05, 3.63) is 83.4 Å². The second-order valence-corrected chi connectivity index (χ2v) is 6.97. The molecule has 3 aromatic rings. The number of aliphatic imine (C=N–C) groups is 1. The highest BCUT2D eigenvalue weighted by Gasteiger charge is 2.04. The standard InChI is InChI=1S/C23H30N6.HI/c1-3-22-28-27-18-29(22)16-15-25-23(24-14-13-20-10-5-4-6-11-20)26-17-21-12-8-7-9-19(21)2;/h4-12,18H,3,13-17H2,1-2H3,(H2,24,25,26);1H. The highest BCUT2D eigenvalue weighted by Crippen LogP contribution is 2.08. The average Bonchev–Trinajstić information content (AvgIpc) is 3.21. The van der Waals surface area contributed by atoms with Crippen molar-refractivity contribution in [3.8, 4) is 0 Å². The van der Waals surface area contributed by atoms with Crippen LogP contribution < -0.4 is 10.6 Å². The second-order valence-electron chi connectivity index (χ2n) is 6.97. The molecular formula is C23H31IN6. The Morgan fingerprint density at radius 1 is 1.00 bits per heavy atom. The van der Waals surface area contributed by atoms with Crippen molar-refractivity contribution in [2.45, 2.75) is 39.8 Å². The SMILES string of the molecule is CCc1nncn1CCNC(=NCc1ccccc1C)NCCc1ccccc1.I. The predicted molar refractivity (Wildman–Crippen MR) is 133 cm³/mol. The van der Waals surface area contributed by atoms with E-state index in [1.54, 1.807) is 6.33 Å². The lowest BCUT2D eigenvalue weighted by Crippen LogP contribution is -2.40. The van der Waals surface area contributed by atoms with E-state index in [4.69, 9.17) is 4.99 Å². The summed E-state index contributed by atoms with van der Waals surface area (Å²) in [6.07, 6.45) is 3.62. The average molecular weight is 518 g/mol. The number of nitrogens with one attached hydrogen (secondary N) is 2. The lowest BCUT2D eigenvalue weighted by molar-refractivity contribution is 0.631. The van der Waals surface area contributed by atoms with E-state index in [9.17, 15) is 0 Å². The maximum Gasteiger partial charge on any atom is 0.191 e. The van der Waals surface area contributed by atoms with Crippen LogP contribution in [-0.2, 0) is 25.9 Å². The zero-order chi connectivity index (χ0) is 20.3. The van der Waals surface area contributed by atoms with E-state index in [-0.39, 0.29) is 24.0 Å². The van der Waals surface area contributed by atoms with E-state index < -0.39 is 0 Å². The maximum atomic E-state index is 4.80. The summed E-state index contributed by atoms with van der Waals surface area (Å²) >= 11 is 0. The molecule has 0 saturated heterocycles. The molecule has 0 aliphatic rings. The molecule has 0 saturated carbocycles. The molecule has 3 rings (SSSR count). The van der Waals surface area contributed by atoms with Gasteiger partial charge in [-0.15, -0.1) is 34.2 Å². The van der Waals surface area contributed by atoms with E-state index in [1.807, 2.05) is 6.07 Å². The van der Waals surface area contributed by atoms with Crippen LogP contribution in [0, 0.1) is 6.92 Å². The topological polar surface area (TPSA) is 67.1 Å². The smallest absolute Gasteiger partial charge is 0.191 e. The van der Waals surface area contributed by atoms with Crippen LogP contribution in [-0.4, -0.2) is 33.8 Å². The first-order valence-electron chi connectivity index (χ1n) is 10.2. The van der Waals surface area contributed by atoms with Crippen LogP contribution in [0.4, 0.5) is 0 Å². The Balaban J connectivity index is 0.00000320. The van der Waals surface area contributed by atoms with E-state index in [1.165, 1.54) is 16.7 Å². The van der Waals surface area contributed by atoms with Crippen molar-refractivity contribution in [2.24, 2.45) is 4.99 Å². The number of hydrogen-bond donors (Lipinski definition) is 2. The van der Waals surface area contributed by atoms with Crippen LogP contribution in [0.1, 0.15) is 29.4 Å². The fraction of sp³-hybridized carbons (Fsp3) is 0.348. The van der Waals surface area contributed by atoms with Crippen LogP contribution in [0.15, 0.2) is 65.9 Å². The quantitative estimate of drug-likeness (QED) is 0.257. The van der Waals surface area contributed by atoms with Crippen molar-refractivity contribution >= 4 is 29.9 Å². The number of aryl methyl sites for hydroxylation is 2. The minimum atomic E-state index is 0. The second kappa shape index (κ2) is 13.0. The molecule has 30 heavy (non-hydrogen) atoms. The minimum Gasteiger partial charge on any atom is -0.356 e. The number of hydrogen-bond acceptors (Lipinski definition) is 3. The molecule has 7 heteroatoms. The van der Waals surface area contributed by atoms with Crippen molar-refractivity contribution in [3.63, 3.8) is 0 Å². The molecule has 160 valence electrons. The molecule has 0 unspecified atom stereocenters. The van der Waals surface area contributed by atoms with Crippen molar-refractivity contribution < 1.29 is 0 Å². The van der Waals surface area contributed by atoms with Gasteiger partial charge in [0.15, 0.2) is 5.96 Å². The van der Waals surface area contributed by atoms with E-state index in [2.05, 4.69) is 87.8 Å². The summed E-state index contributed by atoms with van der Waals surface area (Å²) in [6, 6.07) is 18.9. The Bertz CT molecular complexity index is 907. The first kappa shape index (κ1) is 23.9. The molecule has 0 spiro atoms. The zero-order valence-electron chi connectivity index (χ0n) is 17.7. The van der Waals surface area contributed by atoms with Gasteiger partial charge in [-0.05, 0) is 30.0 Å². The monoisotopic (exact) mass is 518 g/mol. The van der Waals surface area contributed by atoms with Crippen molar-refractivity contribution in [1.29, 1.82) is 0 Å². The van der Waals surface area contributed by atoms with Gasteiger partial charge in [0.25, 0.3) is 0 Å². The molecule has 1 aromatic heterocycles. The Hall–Kier alpha value is -2.42. The molecule has 0 fully saturated rings. The Morgan fingerprint density at radius 3 is 2.50 bits per heavy atom. The summed E-state index contributed by atoms with van der Waals surface area (Å²) in [5.74, 6) is 1.83. The molecule has 0 bridgehead atoms. The highest BCUT2D eigenvalue weighted by molar-refractivity contribution is 14.0. The summed E-state index contributed by atoms with van der Waals surface area (Å²) in [4.78, 5) is 4.80. The number of rotatable bonds is 9. The molecule has 0 aliphatic carbocycles. The molecule has 0 aliphatic heterocycles. The van der Waals surface area contributed by atoms with Crippen molar-refractivity contribution in [1.82, 2.24) is 25.4 Å².